The minimum atomic E-state index is -3.06. The average Bonchev–Trinajstić information content (AvgIpc) is 3.04. The molecule has 2 heterocycles. The monoisotopic (exact) mass is 390 g/mol. The Hall–Kier alpha value is -1.31. The van der Waals surface area contributed by atoms with Crippen LogP contribution in [0, 0.1) is 5.92 Å². The Labute approximate surface area is 150 Å². The Morgan fingerprint density at radius 2 is 2.04 bits per heavy atom. The van der Waals surface area contributed by atoms with Crippen LogP contribution in [-0.4, -0.2) is 44.3 Å². The van der Waals surface area contributed by atoms with Gasteiger partial charge in [-0.25, -0.2) is 8.42 Å². The van der Waals surface area contributed by atoms with Gasteiger partial charge in [-0.15, -0.1) is 0 Å². The van der Waals surface area contributed by atoms with Crippen molar-refractivity contribution >= 4 is 50.5 Å². The number of amides is 2. The zero-order valence-electron chi connectivity index (χ0n) is 12.7. The molecule has 2 atom stereocenters. The summed E-state index contributed by atoms with van der Waals surface area (Å²) >= 11 is 12.1. The molecule has 24 heavy (non-hydrogen) atoms. The summed E-state index contributed by atoms with van der Waals surface area (Å²) in [5.41, 5.74) is 0.480. The normalized spacial score (nSPS) is 25.9. The summed E-state index contributed by atoms with van der Waals surface area (Å²) in [5.74, 6) is -0.991. The van der Waals surface area contributed by atoms with Gasteiger partial charge in [-0.1, -0.05) is 23.2 Å². The molecule has 6 nitrogen and oxygen atoms in total. The number of sulfone groups is 1. The molecule has 1 aromatic carbocycles. The van der Waals surface area contributed by atoms with Gasteiger partial charge in [0.2, 0.25) is 11.8 Å². The molecule has 0 radical (unpaired) electrons. The number of hydrogen-bond donors (Lipinski definition) is 1. The summed E-state index contributed by atoms with van der Waals surface area (Å²) in [7, 11) is -3.06. The first-order valence-electron chi connectivity index (χ1n) is 7.51. The van der Waals surface area contributed by atoms with E-state index in [1.165, 1.54) is 4.90 Å². The highest BCUT2D eigenvalue weighted by Crippen LogP contribution is 2.33. The van der Waals surface area contributed by atoms with E-state index in [0.29, 0.717) is 22.2 Å². The quantitative estimate of drug-likeness (QED) is 0.850. The second kappa shape index (κ2) is 6.54. The van der Waals surface area contributed by atoms with Crippen molar-refractivity contribution < 1.29 is 18.0 Å². The number of nitrogens with one attached hydrogen (secondary N) is 1. The number of nitrogens with zero attached hydrogens (tertiary/aromatic N) is 1. The number of anilines is 1. The fraction of sp³-hybridized carbons (Fsp3) is 0.467. The lowest BCUT2D eigenvalue weighted by Crippen LogP contribution is -2.40. The Morgan fingerprint density at radius 1 is 1.29 bits per heavy atom. The highest BCUT2D eigenvalue weighted by Gasteiger charge is 2.38. The first kappa shape index (κ1) is 17.5. The van der Waals surface area contributed by atoms with Crippen molar-refractivity contribution in [1.29, 1.82) is 0 Å². The number of carbonyl (C=O) groups is 2. The Morgan fingerprint density at radius 3 is 2.71 bits per heavy atom. The fourth-order valence-electron chi connectivity index (χ4n) is 3.04. The van der Waals surface area contributed by atoms with Crippen LogP contribution in [0.5, 0.6) is 0 Å². The van der Waals surface area contributed by atoms with Crippen LogP contribution in [-0.2, 0) is 19.4 Å². The van der Waals surface area contributed by atoms with E-state index in [1.807, 2.05) is 0 Å². The molecule has 0 saturated carbocycles. The van der Waals surface area contributed by atoms with Crippen LogP contribution >= 0.6 is 23.2 Å². The summed E-state index contributed by atoms with van der Waals surface area (Å²) in [6.45, 7) is 0.199. The van der Waals surface area contributed by atoms with Crippen molar-refractivity contribution in [3.63, 3.8) is 0 Å². The number of rotatable bonds is 3. The highest BCUT2D eigenvalue weighted by molar-refractivity contribution is 7.91. The van der Waals surface area contributed by atoms with Crippen LogP contribution in [0.15, 0.2) is 18.2 Å². The third kappa shape index (κ3) is 3.68. The number of halogens is 2. The van der Waals surface area contributed by atoms with E-state index in [4.69, 9.17) is 23.2 Å². The van der Waals surface area contributed by atoms with Gasteiger partial charge in [-0.3, -0.25) is 9.59 Å². The topological polar surface area (TPSA) is 83.5 Å². The van der Waals surface area contributed by atoms with E-state index < -0.39 is 15.8 Å². The molecule has 2 aliphatic heterocycles. The number of benzene rings is 1. The zero-order chi connectivity index (χ0) is 17.5. The molecular formula is C15H16Cl2N2O4S. The molecule has 2 amide bonds. The Bertz CT molecular complexity index is 797. The predicted octanol–water partition coefficient (Wildman–Crippen LogP) is 1.65. The van der Waals surface area contributed by atoms with Crippen molar-refractivity contribution in [2.24, 2.45) is 5.92 Å². The molecule has 2 unspecified atom stereocenters. The van der Waals surface area contributed by atoms with E-state index in [2.05, 4.69) is 5.32 Å². The summed E-state index contributed by atoms with van der Waals surface area (Å²) in [6.07, 6.45) is 0.479. The zero-order valence-corrected chi connectivity index (χ0v) is 15.0. The molecule has 1 aromatic rings. The molecule has 2 fully saturated rings. The maximum atomic E-state index is 12.3. The van der Waals surface area contributed by atoms with Crippen LogP contribution in [0.25, 0.3) is 0 Å². The van der Waals surface area contributed by atoms with E-state index >= 15 is 0 Å². The standard InChI is InChI=1S/C15H16Cl2N2O4S/c16-10-1-2-12(17)13(6-10)19-7-9(5-14(19)20)15(21)18-11-3-4-24(22,23)8-11/h1-2,6,9,11H,3-5,7-8H2,(H,18,21). The molecule has 130 valence electrons. The number of carbonyl (C=O) groups excluding carboxylic acids is 2. The third-order valence-electron chi connectivity index (χ3n) is 4.27. The summed E-state index contributed by atoms with van der Waals surface area (Å²) < 4.78 is 22.9. The van der Waals surface area contributed by atoms with Gasteiger partial charge in [0.1, 0.15) is 0 Å². The molecule has 0 aromatic heterocycles. The first-order chi connectivity index (χ1) is 11.2. The fourth-order valence-corrected chi connectivity index (χ4v) is 5.10. The van der Waals surface area contributed by atoms with Gasteiger partial charge in [0, 0.05) is 24.0 Å². The van der Waals surface area contributed by atoms with Crippen LogP contribution in [0.2, 0.25) is 10.0 Å². The minimum Gasteiger partial charge on any atom is -0.352 e. The molecular weight excluding hydrogens is 375 g/mol. The average molecular weight is 391 g/mol. The predicted molar refractivity (Wildman–Crippen MR) is 92.1 cm³/mol. The van der Waals surface area contributed by atoms with Gasteiger partial charge in [0.05, 0.1) is 28.1 Å². The molecule has 3 rings (SSSR count). The maximum absolute atomic E-state index is 12.3. The largest absolute Gasteiger partial charge is 0.352 e. The second-order valence-corrected chi connectivity index (χ2v) is 9.18. The van der Waals surface area contributed by atoms with Gasteiger partial charge in [-0.2, -0.15) is 0 Å². The van der Waals surface area contributed by atoms with Gasteiger partial charge < -0.3 is 10.2 Å². The minimum absolute atomic E-state index is 0.0385. The lowest BCUT2D eigenvalue weighted by Gasteiger charge is -2.19. The van der Waals surface area contributed by atoms with Gasteiger partial charge >= 0.3 is 0 Å². The van der Waals surface area contributed by atoms with E-state index in [-0.39, 0.29) is 42.3 Å². The lowest BCUT2D eigenvalue weighted by atomic mass is 10.1. The molecule has 9 heteroatoms. The highest BCUT2D eigenvalue weighted by atomic mass is 35.5. The van der Waals surface area contributed by atoms with Crippen molar-refractivity contribution in [2.45, 2.75) is 18.9 Å². The Balaban J connectivity index is 1.68. The van der Waals surface area contributed by atoms with Gasteiger partial charge in [0.25, 0.3) is 0 Å². The van der Waals surface area contributed by atoms with Crippen molar-refractivity contribution in [2.75, 3.05) is 23.0 Å². The van der Waals surface area contributed by atoms with Crippen LogP contribution in [0.3, 0.4) is 0 Å². The van der Waals surface area contributed by atoms with Gasteiger partial charge in [0.15, 0.2) is 9.84 Å². The third-order valence-corrected chi connectivity index (χ3v) is 6.60. The smallest absolute Gasteiger partial charge is 0.227 e. The van der Waals surface area contributed by atoms with E-state index in [1.54, 1.807) is 18.2 Å². The van der Waals surface area contributed by atoms with Gasteiger partial charge in [-0.05, 0) is 24.6 Å². The van der Waals surface area contributed by atoms with Crippen molar-refractivity contribution in [3.05, 3.63) is 28.2 Å². The number of hydrogen-bond acceptors (Lipinski definition) is 4. The first-order valence-corrected chi connectivity index (χ1v) is 10.1. The van der Waals surface area contributed by atoms with E-state index in [0.717, 1.165) is 0 Å². The Kier molecular flexibility index (Phi) is 4.77. The molecule has 2 aliphatic rings. The molecule has 1 N–H and O–H groups in total. The molecule has 0 spiro atoms. The molecule has 0 bridgehead atoms. The molecule has 0 aliphatic carbocycles. The summed E-state index contributed by atoms with van der Waals surface area (Å²) in [6, 6.07) is 4.44. The summed E-state index contributed by atoms with van der Waals surface area (Å²) in [5, 5.41) is 3.57. The lowest BCUT2D eigenvalue weighted by molar-refractivity contribution is -0.126. The van der Waals surface area contributed by atoms with Crippen LogP contribution in [0.4, 0.5) is 5.69 Å². The maximum Gasteiger partial charge on any atom is 0.227 e. The van der Waals surface area contributed by atoms with Crippen LogP contribution < -0.4 is 10.2 Å². The van der Waals surface area contributed by atoms with Crippen molar-refractivity contribution in [3.8, 4) is 0 Å². The van der Waals surface area contributed by atoms with Crippen LogP contribution in [0.1, 0.15) is 12.8 Å². The summed E-state index contributed by atoms with van der Waals surface area (Å²) in [4.78, 5) is 26.0. The van der Waals surface area contributed by atoms with Crippen molar-refractivity contribution in [1.82, 2.24) is 5.32 Å². The second-order valence-electron chi connectivity index (χ2n) is 6.11. The van der Waals surface area contributed by atoms with E-state index in [9.17, 15) is 18.0 Å². The SMILES string of the molecule is O=C(NC1CCS(=O)(=O)C1)C1CC(=O)N(c2cc(Cl)ccc2Cl)C1. The molecule has 2 saturated heterocycles.